The van der Waals surface area contributed by atoms with Gasteiger partial charge in [-0.15, -0.1) is 0 Å². The fraction of sp³-hybridized carbons (Fsp3) is 0.188. The second-order valence-corrected chi connectivity index (χ2v) is 4.46. The molecule has 0 bridgehead atoms. The molecule has 0 unspecified atom stereocenters. The predicted octanol–water partition coefficient (Wildman–Crippen LogP) is 3.09. The summed E-state index contributed by atoms with van der Waals surface area (Å²) >= 11 is 0. The molecule has 0 aromatic heterocycles. The van der Waals surface area contributed by atoms with Gasteiger partial charge < -0.3 is 15.8 Å². The summed E-state index contributed by atoms with van der Waals surface area (Å²) in [6.45, 7) is 2.08. The lowest BCUT2D eigenvalue weighted by Crippen LogP contribution is -2.13. The first-order chi connectivity index (χ1) is 9.63. The Balaban J connectivity index is 2.18. The third kappa shape index (κ3) is 3.09. The number of rotatable bonds is 4. The van der Waals surface area contributed by atoms with Crippen LogP contribution in [0.4, 0.5) is 11.4 Å². The molecule has 0 atom stereocenters. The van der Waals surface area contributed by atoms with Crippen LogP contribution in [0.25, 0.3) is 0 Å². The van der Waals surface area contributed by atoms with E-state index < -0.39 is 0 Å². The summed E-state index contributed by atoms with van der Waals surface area (Å²) in [6, 6.07) is 12.7. The van der Waals surface area contributed by atoms with Crippen molar-refractivity contribution in [2.24, 2.45) is 0 Å². The van der Waals surface area contributed by atoms with E-state index in [1.54, 1.807) is 25.3 Å². The molecule has 4 nitrogen and oxygen atoms in total. The van der Waals surface area contributed by atoms with Gasteiger partial charge in [0, 0.05) is 11.6 Å². The highest BCUT2D eigenvalue weighted by Gasteiger charge is 2.09. The number of aryl methyl sites for hydroxylation is 1. The molecule has 0 aliphatic heterocycles. The Kier molecular flexibility index (Phi) is 4.25. The van der Waals surface area contributed by atoms with Crippen LogP contribution in [0.5, 0.6) is 5.75 Å². The van der Waals surface area contributed by atoms with Gasteiger partial charge in [0.1, 0.15) is 5.75 Å². The number of nitrogens with two attached hydrogens (primary N) is 1. The molecule has 0 radical (unpaired) electrons. The molecular weight excluding hydrogens is 252 g/mol. The Morgan fingerprint density at radius 3 is 2.50 bits per heavy atom. The van der Waals surface area contributed by atoms with Gasteiger partial charge in [-0.25, -0.2) is 0 Å². The first kappa shape index (κ1) is 13.9. The van der Waals surface area contributed by atoms with Crippen molar-refractivity contribution in [2.75, 3.05) is 18.2 Å². The fourth-order valence-corrected chi connectivity index (χ4v) is 1.86. The van der Waals surface area contributed by atoms with E-state index in [0.717, 1.165) is 6.42 Å². The van der Waals surface area contributed by atoms with Gasteiger partial charge in [0.2, 0.25) is 0 Å². The molecule has 2 aromatic carbocycles. The van der Waals surface area contributed by atoms with E-state index in [0.29, 0.717) is 22.7 Å². The minimum atomic E-state index is -0.187. The zero-order valence-electron chi connectivity index (χ0n) is 11.6. The van der Waals surface area contributed by atoms with Crippen LogP contribution >= 0.6 is 0 Å². The molecule has 1 amide bonds. The number of methoxy groups -OCH3 is 1. The van der Waals surface area contributed by atoms with Crippen molar-refractivity contribution < 1.29 is 9.53 Å². The van der Waals surface area contributed by atoms with Crippen molar-refractivity contribution in [3.63, 3.8) is 0 Å². The molecule has 0 aliphatic carbocycles. The van der Waals surface area contributed by atoms with Crippen LogP contribution < -0.4 is 15.8 Å². The topological polar surface area (TPSA) is 64.3 Å². The van der Waals surface area contributed by atoms with E-state index in [2.05, 4.69) is 12.2 Å². The molecule has 104 valence electrons. The summed E-state index contributed by atoms with van der Waals surface area (Å²) < 4.78 is 5.12. The highest BCUT2D eigenvalue weighted by atomic mass is 16.5. The second kappa shape index (κ2) is 6.10. The average Bonchev–Trinajstić information content (AvgIpc) is 2.49. The summed E-state index contributed by atoms with van der Waals surface area (Å²) in [4.78, 5) is 12.2. The zero-order chi connectivity index (χ0) is 14.5. The van der Waals surface area contributed by atoms with Crippen LogP contribution in [0.15, 0.2) is 42.5 Å². The number of hydrogen-bond donors (Lipinski definition) is 2. The lowest BCUT2D eigenvalue weighted by atomic mass is 10.1. The molecule has 0 saturated heterocycles. The monoisotopic (exact) mass is 270 g/mol. The maximum absolute atomic E-state index is 12.2. The van der Waals surface area contributed by atoms with Gasteiger partial charge in [-0.05, 0) is 36.2 Å². The third-order valence-corrected chi connectivity index (χ3v) is 3.13. The van der Waals surface area contributed by atoms with Gasteiger partial charge in [0.15, 0.2) is 0 Å². The third-order valence-electron chi connectivity index (χ3n) is 3.13. The summed E-state index contributed by atoms with van der Waals surface area (Å²) in [5.74, 6) is 0.462. The first-order valence-electron chi connectivity index (χ1n) is 6.48. The van der Waals surface area contributed by atoms with Gasteiger partial charge in [0.05, 0.1) is 18.5 Å². The smallest absolute Gasteiger partial charge is 0.255 e. The van der Waals surface area contributed by atoms with Gasteiger partial charge in [-0.2, -0.15) is 0 Å². The van der Waals surface area contributed by atoms with E-state index in [4.69, 9.17) is 10.5 Å². The number of ether oxygens (including phenoxy) is 1. The molecule has 0 saturated carbocycles. The fourth-order valence-electron chi connectivity index (χ4n) is 1.86. The molecular formula is C16H18N2O2. The van der Waals surface area contributed by atoms with Crippen LogP contribution in [-0.2, 0) is 6.42 Å². The largest absolute Gasteiger partial charge is 0.497 e. The molecule has 0 aliphatic rings. The van der Waals surface area contributed by atoms with Crippen molar-refractivity contribution in [1.82, 2.24) is 0 Å². The molecule has 2 aromatic rings. The summed E-state index contributed by atoms with van der Waals surface area (Å²) in [6.07, 6.45) is 0.949. The number of amides is 1. The normalized spacial score (nSPS) is 10.1. The van der Waals surface area contributed by atoms with Crippen LogP contribution in [0.2, 0.25) is 0 Å². The molecule has 4 heteroatoms. The summed E-state index contributed by atoms with van der Waals surface area (Å²) in [5.41, 5.74) is 8.70. The van der Waals surface area contributed by atoms with Gasteiger partial charge in [-0.3, -0.25) is 4.79 Å². The molecule has 0 heterocycles. The molecule has 0 spiro atoms. The van der Waals surface area contributed by atoms with Gasteiger partial charge in [0.25, 0.3) is 5.91 Å². The minimum absolute atomic E-state index is 0.187. The zero-order valence-corrected chi connectivity index (χ0v) is 11.6. The highest BCUT2D eigenvalue weighted by molar-refractivity contribution is 6.05. The van der Waals surface area contributed by atoms with Gasteiger partial charge >= 0.3 is 0 Å². The number of carbonyl (C=O) groups is 1. The van der Waals surface area contributed by atoms with Crippen molar-refractivity contribution in [1.29, 1.82) is 0 Å². The number of hydrogen-bond acceptors (Lipinski definition) is 3. The lowest BCUT2D eigenvalue weighted by Gasteiger charge is -2.10. The van der Waals surface area contributed by atoms with E-state index in [-0.39, 0.29) is 5.91 Å². The van der Waals surface area contributed by atoms with E-state index in [9.17, 15) is 4.79 Å². The quantitative estimate of drug-likeness (QED) is 0.839. The van der Waals surface area contributed by atoms with E-state index in [1.807, 2.05) is 24.3 Å². The summed E-state index contributed by atoms with van der Waals surface area (Å²) in [7, 11) is 1.57. The molecule has 3 N–H and O–H groups in total. The van der Waals surface area contributed by atoms with Crippen molar-refractivity contribution >= 4 is 17.3 Å². The average molecular weight is 270 g/mol. The van der Waals surface area contributed by atoms with E-state index >= 15 is 0 Å². The van der Waals surface area contributed by atoms with Crippen LogP contribution in [-0.4, -0.2) is 13.0 Å². The molecule has 20 heavy (non-hydrogen) atoms. The van der Waals surface area contributed by atoms with Crippen LogP contribution in [0.3, 0.4) is 0 Å². The molecule has 0 fully saturated rings. The summed E-state index contributed by atoms with van der Waals surface area (Å²) in [5, 5.41) is 2.79. The highest BCUT2D eigenvalue weighted by Crippen LogP contribution is 2.24. The van der Waals surface area contributed by atoms with E-state index in [1.165, 1.54) is 5.56 Å². The Labute approximate surface area is 118 Å². The number of anilines is 2. The lowest BCUT2D eigenvalue weighted by molar-refractivity contribution is 0.102. The SMILES string of the molecule is CCc1ccc(C(=O)Nc2cc(OC)ccc2N)cc1. The maximum atomic E-state index is 12.2. The Hall–Kier alpha value is -2.49. The predicted molar refractivity (Wildman–Crippen MR) is 81.2 cm³/mol. The minimum Gasteiger partial charge on any atom is -0.497 e. The number of carbonyl (C=O) groups excluding carboxylic acids is 1. The standard InChI is InChI=1S/C16H18N2O2/c1-3-11-4-6-12(7-5-11)16(19)18-15-10-13(20-2)8-9-14(15)17/h4-10H,3,17H2,1-2H3,(H,18,19). The number of nitrogens with one attached hydrogen (secondary N) is 1. The second-order valence-electron chi connectivity index (χ2n) is 4.46. The number of nitrogen functional groups attached to an aromatic ring is 1. The van der Waals surface area contributed by atoms with Crippen molar-refractivity contribution in [2.45, 2.75) is 13.3 Å². The van der Waals surface area contributed by atoms with Crippen molar-refractivity contribution in [3.8, 4) is 5.75 Å². The van der Waals surface area contributed by atoms with Crippen molar-refractivity contribution in [3.05, 3.63) is 53.6 Å². The first-order valence-corrected chi connectivity index (χ1v) is 6.48. The Morgan fingerprint density at radius 1 is 1.20 bits per heavy atom. The number of benzene rings is 2. The molecule has 2 rings (SSSR count). The Morgan fingerprint density at radius 2 is 1.90 bits per heavy atom. The van der Waals surface area contributed by atoms with Gasteiger partial charge in [-0.1, -0.05) is 19.1 Å². The van der Waals surface area contributed by atoms with Crippen LogP contribution in [0, 0.1) is 0 Å². The van der Waals surface area contributed by atoms with Crippen LogP contribution in [0.1, 0.15) is 22.8 Å². The Bertz CT molecular complexity index is 606. The maximum Gasteiger partial charge on any atom is 0.255 e.